The lowest BCUT2D eigenvalue weighted by molar-refractivity contribution is 0.0389. The number of aromatic nitrogens is 2. The molecule has 7 nitrogen and oxygen atoms in total. The predicted octanol–water partition coefficient (Wildman–Crippen LogP) is 2.60. The minimum absolute atomic E-state index is 0.712. The number of benzene rings is 2. The van der Waals surface area contributed by atoms with Crippen molar-refractivity contribution < 1.29 is 4.74 Å². The Labute approximate surface area is 190 Å². The molecule has 1 fully saturated rings. The van der Waals surface area contributed by atoms with Crippen molar-refractivity contribution >= 4 is 5.96 Å². The van der Waals surface area contributed by atoms with Crippen molar-refractivity contribution in [3.05, 3.63) is 78.4 Å². The molecule has 0 unspecified atom stereocenters. The molecule has 0 amide bonds. The zero-order chi connectivity index (χ0) is 22.0. The molecule has 32 heavy (non-hydrogen) atoms. The first-order chi connectivity index (χ1) is 15.8. The van der Waals surface area contributed by atoms with Gasteiger partial charge in [-0.2, -0.15) is 0 Å². The van der Waals surface area contributed by atoms with Crippen LogP contribution in [-0.2, 0) is 17.8 Å². The highest BCUT2D eigenvalue weighted by Gasteiger charge is 2.10. The van der Waals surface area contributed by atoms with Gasteiger partial charge < -0.3 is 19.9 Å². The summed E-state index contributed by atoms with van der Waals surface area (Å²) in [4.78, 5) is 10.9. The fourth-order valence-electron chi connectivity index (χ4n) is 3.89. The molecule has 3 aromatic rings. The summed E-state index contributed by atoms with van der Waals surface area (Å²) in [6.07, 6.45) is 5.64. The van der Waals surface area contributed by atoms with Crippen LogP contribution >= 0.6 is 0 Å². The van der Waals surface area contributed by atoms with E-state index in [9.17, 15) is 0 Å². The van der Waals surface area contributed by atoms with E-state index in [1.165, 1.54) is 22.3 Å². The van der Waals surface area contributed by atoms with Crippen molar-refractivity contribution in [3.8, 4) is 11.1 Å². The lowest BCUT2D eigenvalue weighted by Crippen LogP contribution is -2.44. The van der Waals surface area contributed by atoms with Crippen molar-refractivity contribution in [1.29, 1.82) is 0 Å². The zero-order valence-electron chi connectivity index (χ0n) is 18.7. The van der Waals surface area contributed by atoms with Gasteiger partial charge in [0.2, 0.25) is 0 Å². The number of morpholine rings is 1. The highest BCUT2D eigenvalue weighted by atomic mass is 16.5. The van der Waals surface area contributed by atoms with E-state index in [2.05, 4.69) is 78.6 Å². The van der Waals surface area contributed by atoms with Crippen LogP contribution in [0.15, 0.2) is 72.2 Å². The maximum absolute atomic E-state index is 5.41. The van der Waals surface area contributed by atoms with Gasteiger partial charge in [-0.25, -0.2) is 4.98 Å². The van der Waals surface area contributed by atoms with Crippen LogP contribution in [0.2, 0.25) is 0 Å². The quantitative estimate of drug-likeness (QED) is 0.423. The van der Waals surface area contributed by atoms with Crippen LogP contribution < -0.4 is 10.6 Å². The van der Waals surface area contributed by atoms with E-state index >= 15 is 0 Å². The molecule has 0 aliphatic carbocycles. The van der Waals surface area contributed by atoms with Gasteiger partial charge >= 0.3 is 0 Å². The van der Waals surface area contributed by atoms with Crippen molar-refractivity contribution in [2.75, 3.05) is 46.4 Å². The minimum atomic E-state index is 0.712. The third-order valence-corrected chi connectivity index (χ3v) is 5.70. The van der Waals surface area contributed by atoms with E-state index in [-0.39, 0.29) is 0 Å². The Balaban J connectivity index is 1.33. The van der Waals surface area contributed by atoms with Crippen LogP contribution in [0.5, 0.6) is 0 Å². The van der Waals surface area contributed by atoms with Crippen LogP contribution in [0.3, 0.4) is 0 Å². The van der Waals surface area contributed by atoms with Gasteiger partial charge in [-0.1, -0.05) is 48.5 Å². The van der Waals surface area contributed by atoms with Crippen LogP contribution in [0.4, 0.5) is 0 Å². The van der Waals surface area contributed by atoms with Crippen LogP contribution in [-0.4, -0.2) is 66.9 Å². The molecule has 0 radical (unpaired) electrons. The van der Waals surface area contributed by atoms with E-state index in [0.29, 0.717) is 6.54 Å². The third-order valence-electron chi connectivity index (χ3n) is 5.70. The molecule has 1 saturated heterocycles. The average Bonchev–Trinajstić information content (AvgIpc) is 3.36. The molecular weight excluding hydrogens is 400 g/mol. The number of ether oxygens (including phenoxy) is 1. The fraction of sp³-hybridized carbons (Fsp3) is 0.360. The van der Waals surface area contributed by atoms with Gasteiger partial charge in [-0.3, -0.25) is 9.89 Å². The second-order valence-electron chi connectivity index (χ2n) is 7.90. The molecule has 1 aromatic heterocycles. The van der Waals surface area contributed by atoms with Crippen molar-refractivity contribution in [2.24, 2.45) is 4.99 Å². The van der Waals surface area contributed by atoms with Crippen molar-refractivity contribution in [2.45, 2.75) is 13.1 Å². The summed E-state index contributed by atoms with van der Waals surface area (Å²) < 4.78 is 7.49. The standard InChI is InChI=1S/C25H32N6O/c1-26-25(28-11-13-30-14-16-32-17-15-30)29-18-23-4-2-3-5-24(23)22-8-6-21(7-9-22)19-31-12-10-27-20-31/h2-10,12,20H,11,13-19H2,1H3,(H2,26,28,29). The number of hydrogen-bond donors (Lipinski definition) is 2. The number of aliphatic imine (C=N–C) groups is 1. The average molecular weight is 433 g/mol. The Bertz CT molecular complexity index is 978. The van der Waals surface area contributed by atoms with Gasteiger partial charge in [0.25, 0.3) is 0 Å². The Hall–Kier alpha value is -3.16. The Kier molecular flexibility index (Phi) is 7.89. The van der Waals surface area contributed by atoms with Crippen molar-refractivity contribution in [3.63, 3.8) is 0 Å². The number of nitrogens with one attached hydrogen (secondary N) is 2. The lowest BCUT2D eigenvalue weighted by Gasteiger charge is -2.26. The molecule has 0 spiro atoms. The summed E-state index contributed by atoms with van der Waals surface area (Å²) in [5.41, 5.74) is 4.95. The maximum Gasteiger partial charge on any atom is 0.191 e. The van der Waals surface area contributed by atoms with E-state index in [0.717, 1.165) is 51.9 Å². The van der Waals surface area contributed by atoms with Gasteiger partial charge in [0.1, 0.15) is 0 Å². The molecule has 0 atom stereocenters. The highest BCUT2D eigenvalue weighted by molar-refractivity contribution is 5.80. The topological polar surface area (TPSA) is 66.7 Å². The molecule has 1 aliphatic heterocycles. The molecule has 0 bridgehead atoms. The van der Waals surface area contributed by atoms with Gasteiger partial charge in [-0.05, 0) is 22.3 Å². The van der Waals surface area contributed by atoms with E-state index in [1.54, 1.807) is 0 Å². The molecule has 2 heterocycles. The van der Waals surface area contributed by atoms with Crippen LogP contribution in [0.25, 0.3) is 11.1 Å². The first-order valence-electron chi connectivity index (χ1n) is 11.2. The SMILES string of the molecule is CN=C(NCCN1CCOCC1)NCc1ccccc1-c1ccc(Cn2ccnc2)cc1. The molecular formula is C25H32N6O. The van der Waals surface area contributed by atoms with Gasteiger partial charge in [0.05, 0.1) is 19.5 Å². The minimum Gasteiger partial charge on any atom is -0.379 e. The normalized spacial score (nSPS) is 15.0. The molecule has 7 heteroatoms. The summed E-state index contributed by atoms with van der Waals surface area (Å²) in [5, 5.41) is 6.88. The predicted molar refractivity (Wildman–Crippen MR) is 129 cm³/mol. The second-order valence-corrected chi connectivity index (χ2v) is 7.90. The molecule has 168 valence electrons. The lowest BCUT2D eigenvalue weighted by atomic mass is 9.98. The second kappa shape index (κ2) is 11.5. The summed E-state index contributed by atoms with van der Waals surface area (Å²) in [6, 6.07) is 17.3. The van der Waals surface area contributed by atoms with Crippen LogP contribution in [0, 0.1) is 0 Å². The molecule has 0 saturated carbocycles. The molecule has 2 aromatic carbocycles. The Morgan fingerprint density at radius 3 is 2.62 bits per heavy atom. The Morgan fingerprint density at radius 2 is 1.88 bits per heavy atom. The van der Waals surface area contributed by atoms with Gasteiger partial charge in [0.15, 0.2) is 5.96 Å². The van der Waals surface area contributed by atoms with Gasteiger partial charge in [-0.15, -0.1) is 0 Å². The molecule has 4 rings (SSSR count). The Morgan fingerprint density at radius 1 is 1.06 bits per heavy atom. The largest absolute Gasteiger partial charge is 0.379 e. The van der Waals surface area contributed by atoms with E-state index in [1.807, 2.05) is 25.8 Å². The van der Waals surface area contributed by atoms with Gasteiger partial charge in [0, 0.05) is 58.7 Å². The van der Waals surface area contributed by atoms with Crippen LogP contribution in [0.1, 0.15) is 11.1 Å². The van der Waals surface area contributed by atoms with E-state index in [4.69, 9.17) is 4.74 Å². The van der Waals surface area contributed by atoms with E-state index < -0.39 is 0 Å². The number of rotatable bonds is 8. The first-order valence-corrected chi connectivity index (χ1v) is 11.2. The summed E-state index contributed by atoms with van der Waals surface area (Å²) >= 11 is 0. The fourth-order valence-corrected chi connectivity index (χ4v) is 3.89. The molecule has 1 aliphatic rings. The number of imidazole rings is 1. The zero-order valence-corrected chi connectivity index (χ0v) is 18.7. The van der Waals surface area contributed by atoms with Crippen molar-refractivity contribution in [1.82, 2.24) is 25.1 Å². The molecule has 2 N–H and O–H groups in total. The monoisotopic (exact) mass is 432 g/mol. The number of guanidine groups is 1. The maximum atomic E-state index is 5.41. The highest BCUT2D eigenvalue weighted by Crippen LogP contribution is 2.24. The third kappa shape index (κ3) is 6.18. The summed E-state index contributed by atoms with van der Waals surface area (Å²) in [5.74, 6) is 0.823. The summed E-state index contributed by atoms with van der Waals surface area (Å²) in [6.45, 7) is 7.05. The first kappa shape index (κ1) is 22.0. The smallest absolute Gasteiger partial charge is 0.191 e. The summed E-state index contributed by atoms with van der Waals surface area (Å²) in [7, 11) is 1.81. The number of nitrogens with zero attached hydrogens (tertiary/aromatic N) is 4. The number of hydrogen-bond acceptors (Lipinski definition) is 4.